The van der Waals surface area contributed by atoms with Gasteiger partial charge in [-0.25, -0.2) is 4.79 Å². The zero-order valence-corrected chi connectivity index (χ0v) is 12.3. The number of benzene rings is 1. The van der Waals surface area contributed by atoms with Crippen LogP contribution in [0.5, 0.6) is 5.88 Å². The van der Waals surface area contributed by atoms with Crippen molar-refractivity contribution in [3.05, 3.63) is 55.7 Å². The summed E-state index contributed by atoms with van der Waals surface area (Å²) in [6.45, 7) is 1.84. The molecule has 0 saturated carbocycles. The van der Waals surface area contributed by atoms with E-state index in [9.17, 15) is 14.7 Å². The van der Waals surface area contributed by atoms with Gasteiger partial charge in [0.15, 0.2) is 0 Å². The first-order valence-electron chi connectivity index (χ1n) is 7.33. The molecule has 0 fully saturated rings. The minimum Gasteiger partial charge on any atom is -0.494 e. The minimum absolute atomic E-state index is 0.0163. The molecule has 0 saturated heterocycles. The molecule has 0 spiro atoms. The Morgan fingerprint density at radius 1 is 1.23 bits per heavy atom. The monoisotopic (exact) mass is 299 g/mol. The Labute approximate surface area is 126 Å². The Balaban J connectivity index is 2.08. The fraction of sp³-hybridized carbons (Fsp3) is 0.312. The van der Waals surface area contributed by atoms with Crippen LogP contribution in [-0.2, 0) is 12.8 Å². The molecule has 0 unspecified atom stereocenters. The van der Waals surface area contributed by atoms with Gasteiger partial charge in [-0.05, 0) is 48.9 Å². The average molecular weight is 299 g/mol. The Bertz CT molecular complexity index is 862. The zero-order valence-electron chi connectivity index (χ0n) is 12.3. The number of nitrogens with zero attached hydrogens (tertiary/aromatic N) is 1. The van der Waals surface area contributed by atoms with Crippen LogP contribution < -0.4 is 11.2 Å². The molecule has 1 aromatic carbocycles. The molecule has 3 N–H and O–H groups in total. The lowest BCUT2D eigenvalue weighted by atomic mass is 10.1. The van der Waals surface area contributed by atoms with E-state index in [4.69, 9.17) is 0 Å². The van der Waals surface area contributed by atoms with E-state index in [-0.39, 0.29) is 5.56 Å². The van der Waals surface area contributed by atoms with Gasteiger partial charge in [0.2, 0.25) is 5.88 Å². The van der Waals surface area contributed by atoms with Crippen molar-refractivity contribution in [2.45, 2.75) is 32.6 Å². The van der Waals surface area contributed by atoms with Crippen LogP contribution in [0.3, 0.4) is 0 Å². The maximum atomic E-state index is 11.9. The van der Waals surface area contributed by atoms with Gasteiger partial charge in [0.25, 0.3) is 5.56 Å². The van der Waals surface area contributed by atoms with Gasteiger partial charge in [-0.2, -0.15) is 0 Å². The maximum absolute atomic E-state index is 11.9. The summed E-state index contributed by atoms with van der Waals surface area (Å²) in [5.74, 6) is -0.449. The van der Waals surface area contributed by atoms with E-state index in [1.165, 1.54) is 11.1 Å². The van der Waals surface area contributed by atoms with Gasteiger partial charge in [0.05, 0.1) is 11.4 Å². The summed E-state index contributed by atoms with van der Waals surface area (Å²) in [7, 11) is 0. The SMILES string of the molecule is CCC(=Nc1ccc2c(c1)CCC2)c1c(O)[nH]c(=O)[nH]c1=O. The van der Waals surface area contributed by atoms with Crippen molar-refractivity contribution in [2.24, 2.45) is 4.99 Å². The minimum atomic E-state index is -0.737. The summed E-state index contributed by atoms with van der Waals surface area (Å²) in [5.41, 5.74) is 2.47. The third-order valence-corrected chi connectivity index (χ3v) is 3.89. The summed E-state index contributed by atoms with van der Waals surface area (Å²) >= 11 is 0. The Morgan fingerprint density at radius 3 is 2.73 bits per heavy atom. The fourth-order valence-corrected chi connectivity index (χ4v) is 2.84. The molecule has 1 aromatic heterocycles. The van der Waals surface area contributed by atoms with Gasteiger partial charge in [-0.15, -0.1) is 0 Å². The van der Waals surface area contributed by atoms with Crippen LogP contribution in [0.1, 0.15) is 36.5 Å². The molecule has 1 heterocycles. The predicted octanol–water partition coefficient (Wildman–Crippen LogP) is 1.79. The number of hydrogen-bond donors (Lipinski definition) is 3. The highest BCUT2D eigenvalue weighted by Gasteiger charge is 2.15. The molecule has 114 valence electrons. The van der Waals surface area contributed by atoms with E-state index in [2.05, 4.69) is 21.0 Å². The molecule has 6 nitrogen and oxygen atoms in total. The molecule has 2 aromatic rings. The largest absolute Gasteiger partial charge is 0.494 e. The Kier molecular flexibility index (Phi) is 3.66. The lowest BCUT2D eigenvalue weighted by Crippen LogP contribution is -2.27. The number of H-pyrrole nitrogens is 2. The summed E-state index contributed by atoms with van der Waals surface area (Å²) in [4.78, 5) is 31.9. The molecule has 22 heavy (non-hydrogen) atoms. The van der Waals surface area contributed by atoms with E-state index in [0.29, 0.717) is 12.1 Å². The summed E-state index contributed by atoms with van der Waals surface area (Å²) in [5, 5.41) is 9.85. The number of rotatable bonds is 3. The van der Waals surface area contributed by atoms with E-state index in [1.54, 1.807) is 0 Å². The molecule has 3 rings (SSSR count). The molecule has 0 amide bonds. The standard InChI is InChI=1S/C16H17N3O3/c1-2-12(13-14(20)18-16(22)19-15(13)21)17-11-7-6-9-4-3-5-10(9)8-11/h6-8H,2-5H2,1H3,(H3,18,19,20,21,22). The van der Waals surface area contributed by atoms with E-state index >= 15 is 0 Å². The highest BCUT2D eigenvalue weighted by molar-refractivity contribution is 6.03. The third kappa shape index (κ3) is 2.59. The fourth-order valence-electron chi connectivity index (χ4n) is 2.84. The van der Waals surface area contributed by atoms with Crippen LogP contribution in [0.2, 0.25) is 0 Å². The quantitative estimate of drug-likeness (QED) is 0.753. The summed E-state index contributed by atoms with van der Waals surface area (Å²) in [6, 6.07) is 6.00. The van der Waals surface area contributed by atoms with Crippen molar-refractivity contribution < 1.29 is 5.11 Å². The first-order chi connectivity index (χ1) is 10.6. The van der Waals surface area contributed by atoms with Gasteiger partial charge in [-0.1, -0.05) is 13.0 Å². The first-order valence-corrected chi connectivity index (χ1v) is 7.33. The molecule has 6 heteroatoms. The predicted molar refractivity (Wildman–Crippen MR) is 84.3 cm³/mol. The molecule has 1 aliphatic rings. The molecular weight excluding hydrogens is 282 g/mol. The van der Waals surface area contributed by atoms with E-state index in [0.717, 1.165) is 24.9 Å². The van der Waals surface area contributed by atoms with Crippen LogP contribution in [0.15, 0.2) is 32.8 Å². The summed E-state index contributed by atoms with van der Waals surface area (Å²) < 4.78 is 0. The van der Waals surface area contributed by atoms with Crippen molar-refractivity contribution in [1.82, 2.24) is 9.97 Å². The number of fused-ring (bicyclic) bond motifs is 1. The second kappa shape index (κ2) is 5.63. The lowest BCUT2D eigenvalue weighted by Gasteiger charge is -2.06. The number of aromatic hydroxyl groups is 1. The maximum Gasteiger partial charge on any atom is 0.328 e. The highest BCUT2D eigenvalue weighted by atomic mass is 16.3. The molecule has 0 bridgehead atoms. The number of aryl methyl sites for hydroxylation is 2. The number of aliphatic imine (C=N–C) groups is 1. The second-order valence-electron chi connectivity index (χ2n) is 5.35. The molecule has 1 aliphatic carbocycles. The van der Waals surface area contributed by atoms with Crippen LogP contribution in [0.25, 0.3) is 0 Å². The molecule has 0 radical (unpaired) electrons. The zero-order chi connectivity index (χ0) is 15.7. The van der Waals surface area contributed by atoms with Crippen LogP contribution in [0, 0.1) is 0 Å². The topological polar surface area (TPSA) is 98.3 Å². The molecular formula is C16H17N3O3. The van der Waals surface area contributed by atoms with Gasteiger partial charge < -0.3 is 5.11 Å². The van der Waals surface area contributed by atoms with Gasteiger partial charge in [-0.3, -0.25) is 19.8 Å². The van der Waals surface area contributed by atoms with Crippen molar-refractivity contribution in [1.29, 1.82) is 0 Å². The number of aromatic amines is 2. The van der Waals surface area contributed by atoms with Crippen LogP contribution >= 0.6 is 0 Å². The highest BCUT2D eigenvalue weighted by Crippen LogP contribution is 2.27. The number of nitrogens with one attached hydrogen (secondary N) is 2. The Morgan fingerprint density at radius 2 is 2.00 bits per heavy atom. The normalized spacial score (nSPS) is 14.1. The van der Waals surface area contributed by atoms with E-state index in [1.807, 2.05) is 19.1 Å². The third-order valence-electron chi connectivity index (χ3n) is 3.89. The van der Waals surface area contributed by atoms with Gasteiger partial charge in [0, 0.05) is 0 Å². The lowest BCUT2D eigenvalue weighted by molar-refractivity contribution is 0.447. The second-order valence-corrected chi connectivity index (χ2v) is 5.35. The van der Waals surface area contributed by atoms with Crippen LogP contribution in [0.4, 0.5) is 5.69 Å². The van der Waals surface area contributed by atoms with Crippen molar-refractivity contribution >= 4 is 11.4 Å². The van der Waals surface area contributed by atoms with Crippen LogP contribution in [-0.4, -0.2) is 20.8 Å². The van der Waals surface area contributed by atoms with Crippen molar-refractivity contribution in [2.75, 3.05) is 0 Å². The smallest absolute Gasteiger partial charge is 0.328 e. The summed E-state index contributed by atoms with van der Waals surface area (Å²) in [6.07, 6.45) is 3.76. The van der Waals surface area contributed by atoms with Crippen molar-refractivity contribution in [3.63, 3.8) is 0 Å². The van der Waals surface area contributed by atoms with E-state index < -0.39 is 17.1 Å². The van der Waals surface area contributed by atoms with Gasteiger partial charge >= 0.3 is 5.69 Å². The molecule has 0 atom stereocenters. The number of aromatic nitrogens is 2. The Hall–Kier alpha value is -2.63. The molecule has 0 aliphatic heterocycles. The number of hydrogen-bond acceptors (Lipinski definition) is 4. The van der Waals surface area contributed by atoms with Crippen molar-refractivity contribution in [3.8, 4) is 5.88 Å². The average Bonchev–Trinajstić information content (AvgIpc) is 2.92. The first kappa shape index (κ1) is 14.3. The van der Waals surface area contributed by atoms with Gasteiger partial charge in [0.1, 0.15) is 5.56 Å².